The molecule has 0 radical (unpaired) electrons. The Labute approximate surface area is 314 Å². The van der Waals surface area contributed by atoms with Gasteiger partial charge in [-0.1, -0.05) is 86.0 Å². The van der Waals surface area contributed by atoms with Crippen LogP contribution in [0, 0.1) is 11.8 Å². The van der Waals surface area contributed by atoms with Crippen LogP contribution in [0.1, 0.15) is 119 Å². The van der Waals surface area contributed by atoms with Crippen molar-refractivity contribution >= 4 is 29.5 Å². The minimum Gasteiger partial charge on any atom is -0.379 e. The molecule has 0 bridgehead atoms. The van der Waals surface area contributed by atoms with E-state index in [1.807, 2.05) is 41.5 Å². The molecule has 0 unspecified atom stereocenters. The highest BCUT2D eigenvalue weighted by Gasteiger charge is 2.37. The number of hydrogen-bond donors (Lipinski definition) is 6. The van der Waals surface area contributed by atoms with Crippen LogP contribution in [0.4, 0.5) is 0 Å². The third-order valence-corrected chi connectivity index (χ3v) is 9.99. The Bertz CT molecular complexity index is 1080. The van der Waals surface area contributed by atoms with Gasteiger partial charge in [0.2, 0.25) is 29.5 Å². The van der Waals surface area contributed by atoms with Gasteiger partial charge in [-0.2, -0.15) is 0 Å². The van der Waals surface area contributed by atoms with Gasteiger partial charge in [-0.05, 0) is 58.0 Å². The normalized spacial score (nSPS) is 25.6. The van der Waals surface area contributed by atoms with Crippen LogP contribution in [-0.2, 0) is 28.7 Å². The number of nitrogens with zero attached hydrogens (tertiary/aromatic N) is 2. The van der Waals surface area contributed by atoms with Crippen molar-refractivity contribution in [2.45, 2.75) is 155 Å². The van der Waals surface area contributed by atoms with E-state index in [1.165, 1.54) is 37.0 Å². The Hall–Kier alpha value is -2.81. The number of carbonyl (C=O) groups is 5. The van der Waals surface area contributed by atoms with Gasteiger partial charge in [0.15, 0.2) is 0 Å². The maximum absolute atomic E-state index is 14.2. The maximum Gasteiger partial charge on any atom is 0.245 e. The summed E-state index contributed by atoms with van der Waals surface area (Å²) in [6.45, 7) is 15.0. The van der Waals surface area contributed by atoms with Crippen molar-refractivity contribution < 1.29 is 28.7 Å². The van der Waals surface area contributed by atoms with E-state index in [9.17, 15) is 24.0 Å². The molecule has 1 aliphatic rings. The van der Waals surface area contributed by atoms with Crippen LogP contribution in [0.15, 0.2) is 0 Å². The molecule has 302 valence electrons. The molecular formula is C38H74N8O6. The first-order valence-electron chi connectivity index (χ1n) is 19.9. The molecule has 1 rings (SSSR count). The molecule has 0 aromatic heterocycles. The minimum absolute atomic E-state index is 0.0799. The fourth-order valence-electron chi connectivity index (χ4n) is 6.41. The summed E-state index contributed by atoms with van der Waals surface area (Å²) < 4.78 is 5.69. The summed E-state index contributed by atoms with van der Waals surface area (Å²) in [6, 6.07) is -5.07. The summed E-state index contributed by atoms with van der Waals surface area (Å²) >= 11 is 0. The van der Waals surface area contributed by atoms with Crippen LogP contribution in [-0.4, -0.2) is 122 Å². The second-order valence-corrected chi connectivity index (χ2v) is 15.1. The highest BCUT2D eigenvalue weighted by atomic mass is 16.5. The predicted molar refractivity (Wildman–Crippen MR) is 206 cm³/mol. The second kappa shape index (κ2) is 26.0. The molecule has 8 N–H and O–H groups in total. The van der Waals surface area contributed by atoms with Gasteiger partial charge in [0.25, 0.3) is 0 Å². The fraction of sp³-hybridized carbons (Fsp3) is 0.868. The van der Waals surface area contributed by atoms with Crippen molar-refractivity contribution in [3.63, 3.8) is 0 Å². The second-order valence-electron chi connectivity index (χ2n) is 15.1. The standard InChI is InChI=1S/C38H74N8O6/c1-9-11-12-13-14-15-16-17-20-46-24-28(6)41-35(48)31(25-52-21-18-19-39)43-34(47)30(23-40)42-37(50)33(27(5)10-2)44-36(49)32(22-26(3)4)45(8)38(51)29(46)7/h26-33H,9-25,39-40H2,1-8H3,(H,41,48)(H,42,50)(H,43,47)(H,44,49)/t27-,28-,29+,30+,31+,32+,33+/m1/s1. The zero-order valence-corrected chi connectivity index (χ0v) is 33.6. The van der Waals surface area contributed by atoms with Crippen LogP contribution in [0.3, 0.4) is 0 Å². The Balaban J connectivity index is 3.54. The van der Waals surface area contributed by atoms with Gasteiger partial charge in [0, 0.05) is 32.8 Å². The third kappa shape index (κ3) is 16.9. The van der Waals surface area contributed by atoms with Crippen LogP contribution >= 0.6 is 0 Å². The van der Waals surface area contributed by atoms with Crippen LogP contribution in [0.25, 0.3) is 0 Å². The van der Waals surface area contributed by atoms with E-state index in [0.29, 0.717) is 45.5 Å². The van der Waals surface area contributed by atoms with Gasteiger partial charge < -0.3 is 42.4 Å². The number of nitrogens with two attached hydrogens (primary N) is 2. The Morgan fingerprint density at radius 3 is 1.94 bits per heavy atom. The van der Waals surface area contributed by atoms with Crippen molar-refractivity contribution in [3.8, 4) is 0 Å². The lowest BCUT2D eigenvalue weighted by molar-refractivity contribution is -0.144. The number of hydrogen-bond acceptors (Lipinski definition) is 9. The summed E-state index contributed by atoms with van der Waals surface area (Å²) in [5.41, 5.74) is 11.6. The predicted octanol–water partition coefficient (Wildman–Crippen LogP) is 2.03. The molecule has 5 amide bonds. The summed E-state index contributed by atoms with van der Waals surface area (Å²) in [7, 11) is 1.64. The molecule has 0 saturated carbocycles. The molecule has 0 spiro atoms. The summed E-state index contributed by atoms with van der Waals surface area (Å²) in [5, 5.41) is 11.3. The van der Waals surface area contributed by atoms with Gasteiger partial charge in [0.05, 0.1) is 12.6 Å². The van der Waals surface area contributed by atoms with Crippen molar-refractivity contribution in [1.29, 1.82) is 0 Å². The Kier molecular flexibility index (Phi) is 23.6. The lowest BCUT2D eigenvalue weighted by Gasteiger charge is -2.37. The smallest absolute Gasteiger partial charge is 0.245 e. The van der Waals surface area contributed by atoms with E-state index in [2.05, 4.69) is 33.1 Å². The number of nitrogens with one attached hydrogen (secondary N) is 4. The highest BCUT2D eigenvalue weighted by molar-refractivity contribution is 5.96. The van der Waals surface area contributed by atoms with Crippen molar-refractivity contribution in [3.05, 3.63) is 0 Å². The molecule has 0 aromatic rings. The molecule has 1 heterocycles. The molecule has 52 heavy (non-hydrogen) atoms. The molecule has 1 fully saturated rings. The Morgan fingerprint density at radius 1 is 0.769 bits per heavy atom. The van der Waals surface area contributed by atoms with Gasteiger partial charge in [-0.25, -0.2) is 0 Å². The zero-order chi connectivity index (χ0) is 39.2. The topological polar surface area (TPSA) is 201 Å². The van der Waals surface area contributed by atoms with Crippen LogP contribution in [0.2, 0.25) is 0 Å². The molecule has 0 aromatic carbocycles. The number of rotatable bonds is 19. The van der Waals surface area contributed by atoms with E-state index >= 15 is 0 Å². The van der Waals surface area contributed by atoms with Crippen molar-refractivity contribution in [1.82, 2.24) is 31.1 Å². The van der Waals surface area contributed by atoms with E-state index in [4.69, 9.17) is 16.2 Å². The monoisotopic (exact) mass is 739 g/mol. The average Bonchev–Trinajstić information content (AvgIpc) is 3.11. The lowest BCUT2D eigenvalue weighted by atomic mass is 9.96. The molecule has 14 heteroatoms. The molecule has 1 aliphatic heterocycles. The van der Waals surface area contributed by atoms with Gasteiger partial charge in [-0.3, -0.25) is 28.9 Å². The van der Waals surface area contributed by atoms with Gasteiger partial charge >= 0.3 is 0 Å². The molecule has 0 aliphatic carbocycles. The first kappa shape index (κ1) is 47.2. The summed E-state index contributed by atoms with van der Waals surface area (Å²) in [6.07, 6.45) is 10.7. The lowest BCUT2D eigenvalue weighted by Crippen LogP contribution is -2.63. The summed E-state index contributed by atoms with van der Waals surface area (Å²) in [5.74, 6) is -2.55. The van der Waals surface area contributed by atoms with E-state index in [1.54, 1.807) is 7.05 Å². The quantitative estimate of drug-likeness (QED) is 0.107. The van der Waals surface area contributed by atoms with Crippen molar-refractivity contribution in [2.75, 3.05) is 46.4 Å². The SMILES string of the molecule is CCCCCCCCCCN1C[C@@H](C)NC(=O)[C@H](COCCCN)NC(=O)[C@H](CN)NC(=O)[C@H]([C@H](C)CC)NC(=O)[C@H](CC(C)C)N(C)C(=O)[C@@H]1C. The first-order valence-corrected chi connectivity index (χ1v) is 19.9. The zero-order valence-electron chi connectivity index (χ0n) is 33.6. The molecule has 1 saturated heterocycles. The number of likely N-dealkylation sites (N-methyl/N-ethyl adjacent to an activating group) is 1. The molecule has 7 atom stereocenters. The summed E-state index contributed by atoms with van der Waals surface area (Å²) in [4.78, 5) is 72.7. The minimum atomic E-state index is -1.18. The maximum atomic E-state index is 14.2. The first-order chi connectivity index (χ1) is 24.7. The van der Waals surface area contributed by atoms with Gasteiger partial charge in [-0.15, -0.1) is 0 Å². The molecular weight excluding hydrogens is 664 g/mol. The largest absolute Gasteiger partial charge is 0.379 e. The van der Waals surface area contributed by atoms with E-state index < -0.39 is 59.9 Å². The third-order valence-electron chi connectivity index (χ3n) is 9.99. The fourth-order valence-corrected chi connectivity index (χ4v) is 6.41. The van der Waals surface area contributed by atoms with Crippen LogP contribution in [0.5, 0.6) is 0 Å². The number of ether oxygens (including phenoxy) is 1. The number of carbonyl (C=O) groups excluding carboxylic acids is 5. The van der Waals surface area contributed by atoms with E-state index in [0.717, 1.165) is 19.3 Å². The van der Waals surface area contributed by atoms with Crippen LogP contribution < -0.4 is 32.7 Å². The number of unbranched alkanes of at least 4 members (excludes halogenated alkanes) is 7. The highest BCUT2D eigenvalue weighted by Crippen LogP contribution is 2.18. The van der Waals surface area contributed by atoms with Crippen molar-refractivity contribution in [2.24, 2.45) is 23.3 Å². The number of amides is 5. The molecule has 14 nitrogen and oxygen atoms in total. The van der Waals surface area contributed by atoms with Gasteiger partial charge in [0.1, 0.15) is 24.2 Å². The van der Waals surface area contributed by atoms with E-state index in [-0.39, 0.29) is 30.9 Å². The Morgan fingerprint density at radius 2 is 1.37 bits per heavy atom. The average molecular weight is 739 g/mol.